The van der Waals surface area contributed by atoms with Gasteiger partial charge in [-0.15, -0.1) is 0 Å². The van der Waals surface area contributed by atoms with Gasteiger partial charge in [0.2, 0.25) is 0 Å². The lowest BCUT2D eigenvalue weighted by atomic mass is 9.67. The van der Waals surface area contributed by atoms with Crippen LogP contribution in [0.2, 0.25) is 0 Å². The lowest BCUT2D eigenvalue weighted by Gasteiger charge is -2.35. The molecular weight excluding hydrogens is 651 g/mol. The highest BCUT2D eigenvalue weighted by Crippen LogP contribution is 2.57. The Morgan fingerprint density at radius 2 is 0.852 bits per heavy atom. The number of rotatable bonds is 7. The number of fused-ring (bicyclic) bond motifs is 4. The second kappa shape index (κ2) is 13.2. The van der Waals surface area contributed by atoms with Crippen LogP contribution in [0.1, 0.15) is 22.3 Å². The molecule has 0 atom stereocenters. The zero-order valence-corrected chi connectivity index (χ0v) is 29.8. The van der Waals surface area contributed by atoms with E-state index in [0.717, 1.165) is 17.1 Å². The van der Waals surface area contributed by atoms with E-state index < -0.39 is 5.41 Å². The van der Waals surface area contributed by atoms with E-state index in [-0.39, 0.29) is 0 Å². The summed E-state index contributed by atoms with van der Waals surface area (Å²) in [6.07, 6.45) is 0. The monoisotopic (exact) mass is 687 g/mol. The molecule has 0 spiro atoms. The summed E-state index contributed by atoms with van der Waals surface area (Å²) < 4.78 is 0. The van der Waals surface area contributed by atoms with Crippen molar-refractivity contribution in [2.24, 2.45) is 0 Å². The molecule has 1 nitrogen and oxygen atoms in total. The van der Waals surface area contributed by atoms with Crippen LogP contribution in [0, 0.1) is 0 Å². The molecule has 0 heterocycles. The first kappa shape index (κ1) is 31.7. The van der Waals surface area contributed by atoms with Crippen molar-refractivity contribution in [3.05, 3.63) is 247 Å². The highest BCUT2D eigenvalue weighted by atomic mass is 15.1. The molecule has 54 heavy (non-hydrogen) atoms. The molecule has 0 unspecified atom stereocenters. The van der Waals surface area contributed by atoms with Crippen molar-refractivity contribution in [1.29, 1.82) is 0 Å². The summed E-state index contributed by atoms with van der Waals surface area (Å²) in [7, 11) is 0. The number of hydrogen-bond acceptors (Lipinski definition) is 1. The Hall–Kier alpha value is -6.96. The minimum atomic E-state index is -0.500. The van der Waals surface area contributed by atoms with Gasteiger partial charge < -0.3 is 4.90 Å². The molecule has 0 aliphatic heterocycles. The standard InChI is InChI=1S/C53H37N/c1-4-18-39(19-5-1)47-29-13-15-33-52(47)54(43-27-16-22-40(36-43)46-31-17-21-38-20-10-11-28-45(38)46)44-34-35-49-48-30-12-14-32-50(48)53(51(49)37-44,41-23-6-2-7-24-41)42-25-8-3-9-26-42/h1-37H. The highest BCUT2D eigenvalue weighted by Gasteiger charge is 2.46. The first-order chi connectivity index (χ1) is 26.8. The maximum Gasteiger partial charge on any atom is 0.0714 e. The predicted octanol–water partition coefficient (Wildman–Crippen LogP) is 14.0. The van der Waals surface area contributed by atoms with Crippen molar-refractivity contribution in [2.75, 3.05) is 4.90 Å². The third-order valence-corrected chi connectivity index (χ3v) is 11.1. The molecular formula is C53H37N. The fourth-order valence-corrected chi connectivity index (χ4v) is 8.82. The molecule has 10 rings (SSSR count). The SMILES string of the molecule is c1ccc(-c2ccccc2N(c2cccc(-c3cccc4ccccc34)c2)c2ccc3c(c2)C(c2ccccc2)(c2ccccc2)c2ccccc2-3)cc1. The van der Waals surface area contributed by atoms with E-state index in [2.05, 4.69) is 229 Å². The van der Waals surface area contributed by atoms with Gasteiger partial charge in [-0.1, -0.05) is 194 Å². The van der Waals surface area contributed by atoms with E-state index in [1.54, 1.807) is 0 Å². The average molecular weight is 688 g/mol. The van der Waals surface area contributed by atoms with Gasteiger partial charge in [-0.3, -0.25) is 0 Å². The molecule has 1 heteroatoms. The Morgan fingerprint density at radius 1 is 0.315 bits per heavy atom. The van der Waals surface area contributed by atoms with E-state index in [1.165, 1.54) is 66.4 Å². The second-order valence-electron chi connectivity index (χ2n) is 14.1. The van der Waals surface area contributed by atoms with Crippen LogP contribution in [0.3, 0.4) is 0 Å². The summed E-state index contributed by atoms with van der Waals surface area (Å²) in [4.78, 5) is 2.46. The fraction of sp³-hybridized carbons (Fsp3) is 0.0189. The van der Waals surface area contributed by atoms with E-state index in [9.17, 15) is 0 Å². The molecule has 254 valence electrons. The number of para-hydroxylation sites is 1. The Kier molecular flexibility index (Phi) is 7.78. The molecule has 0 fully saturated rings. The summed E-state index contributed by atoms with van der Waals surface area (Å²) in [5.41, 5.74) is 15.3. The van der Waals surface area contributed by atoms with Gasteiger partial charge in [0.25, 0.3) is 0 Å². The lowest BCUT2D eigenvalue weighted by Crippen LogP contribution is -2.28. The average Bonchev–Trinajstić information content (AvgIpc) is 3.55. The van der Waals surface area contributed by atoms with Gasteiger partial charge in [0.1, 0.15) is 0 Å². The summed E-state index contributed by atoms with van der Waals surface area (Å²) in [6, 6.07) is 82.1. The van der Waals surface area contributed by atoms with Crippen molar-refractivity contribution >= 4 is 27.8 Å². The van der Waals surface area contributed by atoms with Crippen molar-refractivity contribution < 1.29 is 0 Å². The third-order valence-electron chi connectivity index (χ3n) is 11.1. The lowest BCUT2D eigenvalue weighted by molar-refractivity contribution is 0.768. The first-order valence-electron chi connectivity index (χ1n) is 18.7. The van der Waals surface area contributed by atoms with E-state index in [1.807, 2.05) is 0 Å². The Balaban J connectivity index is 1.25. The van der Waals surface area contributed by atoms with Crippen LogP contribution in [0.25, 0.3) is 44.2 Å². The zero-order valence-electron chi connectivity index (χ0n) is 29.8. The molecule has 0 saturated heterocycles. The van der Waals surface area contributed by atoms with Gasteiger partial charge in [-0.2, -0.15) is 0 Å². The minimum absolute atomic E-state index is 0.500. The maximum absolute atomic E-state index is 2.46. The van der Waals surface area contributed by atoms with Crippen LogP contribution >= 0.6 is 0 Å². The van der Waals surface area contributed by atoms with Crippen molar-refractivity contribution in [3.63, 3.8) is 0 Å². The molecule has 0 aromatic heterocycles. The van der Waals surface area contributed by atoms with Crippen LogP contribution in [0.15, 0.2) is 224 Å². The van der Waals surface area contributed by atoms with Gasteiger partial charge in [0, 0.05) is 16.9 Å². The predicted molar refractivity (Wildman–Crippen MR) is 227 cm³/mol. The van der Waals surface area contributed by atoms with Crippen molar-refractivity contribution in [1.82, 2.24) is 0 Å². The highest BCUT2D eigenvalue weighted by molar-refractivity contribution is 5.98. The maximum atomic E-state index is 2.46. The number of nitrogens with zero attached hydrogens (tertiary/aromatic N) is 1. The Bertz CT molecular complexity index is 2720. The number of benzene rings is 9. The second-order valence-corrected chi connectivity index (χ2v) is 14.1. The van der Waals surface area contributed by atoms with E-state index in [0.29, 0.717) is 0 Å². The quantitative estimate of drug-likeness (QED) is 0.161. The van der Waals surface area contributed by atoms with Crippen LogP contribution in [0.4, 0.5) is 17.1 Å². The number of hydrogen-bond donors (Lipinski definition) is 0. The molecule has 9 aromatic rings. The molecule has 0 saturated carbocycles. The van der Waals surface area contributed by atoms with Crippen LogP contribution in [-0.4, -0.2) is 0 Å². The minimum Gasteiger partial charge on any atom is -0.310 e. The Morgan fingerprint density at radius 3 is 1.63 bits per heavy atom. The zero-order chi connectivity index (χ0) is 35.9. The summed E-state index contributed by atoms with van der Waals surface area (Å²) in [6.45, 7) is 0. The molecule has 9 aromatic carbocycles. The first-order valence-corrected chi connectivity index (χ1v) is 18.7. The smallest absolute Gasteiger partial charge is 0.0714 e. The molecule has 0 amide bonds. The normalized spacial score (nSPS) is 12.6. The molecule has 0 N–H and O–H groups in total. The van der Waals surface area contributed by atoms with E-state index in [4.69, 9.17) is 0 Å². The van der Waals surface area contributed by atoms with Gasteiger partial charge >= 0.3 is 0 Å². The van der Waals surface area contributed by atoms with Crippen LogP contribution in [-0.2, 0) is 5.41 Å². The van der Waals surface area contributed by atoms with Crippen LogP contribution in [0.5, 0.6) is 0 Å². The fourth-order valence-electron chi connectivity index (χ4n) is 8.82. The number of anilines is 3. The molecule has 1 aliphatic carbocycles. The molecule has 0 radical (unpaired) electrons. The van der Waals surface area contributed by atoms with Crippen LogP contribution < -0.4 is 4.90 Å². The summed E-state index contributed by atoms with van der Waals surface area (Å²) >= 11 is 0. The topological polar surface area (TPSA) is 3.24 Å². The van der Waals surface area contributed by atoms with Gasteiger partial charge in [-0.05, 0) is 91.2 Å². The summed E-state index contributed by atoms with van der Waals surface area (Å²) in [5.74, 6) is 0. The van der Waals surface area contributed by atoms with Gasteiger partial charge in [0.05, 0.1) is 11.1 Å². The molecule has 1 aliphatic rings. The third kappa shape index (κ3) is 5.09. The summed E-state index contributed by atoms with van der Waals surface area (Å²) in [5, 5.41) is 2.49. The van der Waals surface area contributed by atoms with Crippen molar-refractivity contribution in [3.8, 4) is 33.4 Å². The van der Waals surface area contributed by atoms with E-state index >= 15 is 0 Å². The van der Waals surface area contributed by atoms with Crippen molar-refractivity contribution in [2.45, 2.75) is 5.41 Å². The largest absolute Gasteiger partial charge is 0.310 e. The Labute approximate surface area is 317 Å². The van der Waals surface area contributed by atoms with Gasteiger partial charge in [0.15, 0.2) is 0 Å². The molecule has 0 bridgehead atoms. The van der Waals surface area contributed by atoms with Gasteiger partial charge in [-0.25, -0.2) is 0 Å².